The normalized spacial score (nSPS) is 11.8. The van der Waals surface area contributed by atoms with Gasteiger partial charge in [-0.2, -0.15) is 0 Å². The van der Waals surface area contributed by atoms with Gasteiger partial charge in [-0.1, -0.05) is 0 Å². The minimum Gasteiger partial charge on any atom is -0.408 e. The van der Waals surface area contributed by atoms with E-state index in [1.165, 1.54) is 29.8 Å². The van der Waals surface area contributed by atoms with Crippen LogP contribution in [0.4, 0.5) is 10.1 Å². The van der Waals surface area contributed by atoms with Gasteiger partial charge in [-0.25, -0.2) is 17.6 Å². The van der Waals surface area contributed by atoms with Crippen LogP contribution >= 0.6 is 0 Å². The van der Waals surface area contributed by atoms with Crippen molar-refractivity contribution >= 4 is 26.8 Å². The number of halogens is 1. The van der Waals surface area contributed by atoms with Crippen LogP contribution < -0.4 is 10.5 Å². The van der Waals surface area contributed by atoms with Gasteiger partial charge in [0.1, 0.15) is 5.82 Å². The molecule has 8 heteroatoms. The Morgan fingerprint density at radius 2 is 1.83 bits per heavy atom. The zero-order valence-corrected chi connectivity index (χ0v) is 13.1. The van der Waals surface area contributed by atoms with Crippen molar-refractivity contribution in [2.75, 3.05) is 4.72 Å². The number of hydrogen-bond donors (Lipinski definition) is 1. The minimum absolute atomic E-state index is 0.0560. The average molecular weight is 336 g/mol. The molecule has 1 aromatic heterocycles. The molecule has 23 heavy (non-hydrogen) atoms. The lowest BCUT2D eigenvalue weighted by atomic mass is 10.2. The molecule has 0 spiro atoms. The Balaban J connectivity index is 2.06. The summed E-state index contributed by atoms with van der Waals surface area (Å²) >= 11 is 0. The predicted molar refractivity (Wildman–Crippen MR) is 83.4 cm³/mol. The van der Waals surface area contributed by atoms with Crippen molar-refractivity contribution in [1.82, 2.24) is 4.57 Å². The first-order valence-electron chi connectivity index (χ1n) is 6.66. The molecule has 0 fully saturated rings. The highest BCUT2D eigenvalue weighted by molar-refractivity contribution is 7.92. The SMILES string of the molecule is Cc1cc2oc(=O)n(C)c2cc1NS(=O)(=O)c1ccc(F)cc1. The van der Waals surface area contributed by atoms with Gasteiger partial charge in [0, 0.05) is 7.05 Å². The van der Waals surface area contributed by atoms with E-state index in [2.05, 4.69) is 4.72 Å². The third kappa shape index (κ3) is 2.72. The number of fused-ring (bicyclic) bond motifs is 1. The summed E-state index contributed by atoms with van der Waals surface area (Å²) in [6, 6.07) is 7.61. The molecule has 0 aliphatic rings. The first-order chi connectivity index (χ1) is 10.8. The van der Waals surface area contributed by atoms with E-state index in [4.69, 9.17) is 4.42 Å². The van der Waals surface area contributed by atoms with Crippen LogP contribution in [0.2, 0.25) is 0 Å². The topological polar surface area (TPSA) is 81.3 Å². The lowest BCUT2D eigenvalue weighted by Crippen LogP contribution is -2.14. The summed E-state index contributed by atoms with van der Waals surface area (Å²) < 4.78 is 46.4. The summed E-state index contributed by atoms with van der Waals surface area (Å²) in [5.41, 5.74) is 1.76. The second-order valence-electron chi connectivity index (χ2n) is 5.12. The number of rotatable bonds is 3. The molecule has 0 aliphatic carbocycles. The first-order valence-corrected chi connectivity index (χ1v) is 8.15. The number of hydrogen-bond acceptors (Lipinski definition) is 4. The Morgan fingerprint density at radius 1 is 1.17 bits per heavy atom. The van der Waals surface area contributed by atoms with Crippen molar-refractivity contribution in [3.63, 3.8) is 0 Å². The van der Waals surface area contributed by atoms with Crippen LogP contribution in [0.3, 0.4) is 0 Å². The third-order valence-corrected chi connectivity index (χ3v) is 4.89. The summed E-state index contributed by atoms with van der Waals surface area (Å²) in [5.74, 6) is -1.05. The van der Waals surface area contributed by atoms with Gasteiger partial charge in [0.15, 0.2) is 5.58 Å². The number of nitrogens with zero attached hydrogens (tertiary/aromatic N) is 1. The molecule has 0 bridgehead atoms. The van der Waals surface area contributed by atoms with Crippen LogP contribution in [-0.4, -0.2) is 13.0 Å². The summed E-state index contributed by atoms with van der Waals surface area (Å²) in [5, 5.41) is 0. The molecule has 1 heterocycles. The molecule has 3 rings (SSSR count). The lowest BCUT2D eigenvalue weighted by Gasteiger charge is -2.11. The number of sulfonamides is 1. The third-order valence-electron chi connectivity index (χ3n) is 3.51. The fraction of sp³-hybridized carbons (Fsp3) is 0.133. The van der Waals surface area contributed by atoms with Crippen molar-refractivity contribution in [2.45, 2.75) is 11.8 Å². The van der Waals surface area contributed by atoms with Crippen molar-refractivity contribution in [3.8, 4) is 0 Å². The van der Waals surface area contributed by atoms with Crippen LogP contribution in [0.1, 0.15) is 5.56 Å². The molecule has 1 N–H and O–H groups in total. The van der Waals surface area contributed by atoms with Crippen LogP contribution in [-0.2, 0) is 17.1 Å². The zero-order valence-electron chi connectivity index (χ0n) is 12.3. The Kier molecular flexibility index (Phi) is 3.48. The molecule has 0 saturated carbocycles. The number of aromatic nitrogens is 1. The highest BCUT2D eigenvalue weighted by Gasteiger charge is 2.17. The molecule has 6 nitrogen and oxygen atoms in total. The maximum absolute atomic E-state index is 12.9. The number of oxazole rings is 1. The zero-order chi connectivity index (χ0) is 16.8. The van der Waals surface area contributed by atoms with Crippen molar-refractivity contribution in [3.05, 3.63) is 58.3 Å². The first kappa shape index (κ1) is 15.3. The largest absolute Gasteiger partial charge is 0.419 e. The molecule has 3 aromatic rings. The Morgan fingerprint density at radius 3 is 2.48 bits per heavy atom. The van der Waals surface area contributed by atoms with Crippen molar-refractivity contribution in [1.29, 1.82) is 0 Å². The van der Waals surface area contributed by atoms with E-state index in [0.29, 0.717) is 22.4 Å². The second-order valence-corrected chi connectivity index (χ2v) is 6.80. The fourth-order valence-corrected chi connectivity index (χ4v) is 3.32. The molecule has 0 radical (unpaired) electrons. The monoisotopic (exact) mass is 336 g/mol. The lowest BCUT2D eigenvalue weighted by molar-refractivity contribution is 0.528. The van der Waals surface area contributed by atoms with E-state index < -0.39 is 21.6 Å². The molecular formula is C15H13FN2O4S. The van der Waals surface area contributed by atoms with Gasteiger partial charge < -0.3 is 4.42 Å². The fourth-order valence-electron chi connectivity index (χ4n) is 2.20. The van der Waals surface area contributed by atoms with E-state index in [1.807, 2.05) is 0 Å². The van der Waals surface area contributed by atoms with Gasteiger partial charge in [0.25, 0.3) is 10.0 Å². The Bertz CT molecular complexity index is 1050. The van der Waals surface area contributed by atoms with E-state index >= 15 is 0 Å². The molecule has 0 unspecified atom stereocenters. The minimum atomic E-state index is -3.86. The molecule has 120 valence electrons. The number of nitrogens with one attached hydrogen (secondary N) is 1. The van der Waals surface area contributed by atoms with E-state index in [1.54, 1.807) is 13.0 Å². The molecule has 0 amide bonds. The smallest absolute Gasteiger partial charge is 0.408 e. The quantitative estimate of drug-likeness (QED) is 0.796. The van der Waals surface area contributed by atoms with Gasteiger partial charge in [0.2, 0.25) is 0 Å². The van der Waals surface area contributed by atoms with Crippen LogP contribution in [0.5, 0.6) is 0 Å². The van der Waals surface area contributed by atoms with Crippen LogP contribution in [0.25, 0.3) is 11.1 Å². The molecule has 0 saturated heterocycles. The Hall–Kier alpha value is -2.61. The van der Waals surface area contributed by atoms with Crippen LogP contribution in [0, 0.1) is 12.7 Å². The van der Waals surface area contributed by atoms with E-state index in [0.717, 1.165) is 12.1 Å². The summed E-state index contributed by atoms with van der Waals surface area (Å²) in [6.45, 7) is 1.69. The second kappa shape index (κ2) is 5.24. The van der Waals surface area contributed by atoms with Crippen molar-refractivity contribution in [2.24, 2.45) is 7.05 Å². The highest BCUT2D eigenvalue weighted by atomic mass is 32.2. The number of aryl methyl sites for hydroxylation is 2. The van der Waals surface area contributed by atoms with Gasteiger partial charge in [0.05, 0.1) is 16.1 Å². The van der Waals surface area contributed by atoms with Crippen LogP contribution in [0.15, 0.2) is 50.5 Å². The summed E-state index contributed by atoms with van der Waals surface area (Å²) in [7, 11) is -2.33. The maximum Gasteiger partial charge on any atom is 0.419 e. The Labute approximate surface area is 131 Å². The molecular weight excluding hydrogens is 323 g/mol. The summed E-state index contributed by atoms with van der Waals surface area (Å²) in [4.78, 5) is 11.5. The van der Waals surface area contributed by atoms with Crippen molar-refractivity contribution < 1.29 is 17.2 Å². The average Bonchev–Trinajstić information content (AvgIpc) is 2.75. The molecule has 2 aromatic carbocycles. The standard InChI is InChI=1S/C15H13FN2O4S/c1-9-7-14-13(18(2)15(19)22-14)8-12(9)17-23(20,21)11-5-3-10(16)4-6-11/h3-8,17H,1-2H3. The molecule has 0 atom stereocenters. The number of anilines is 1. The molecule has 0 aliphatic heterocycles. The van der Waals surface area contributed by atoms with Gasteiger partial charge >= 0.3 is 5.76 Å². The predicted octanol–water partition coefficient (Wildman–Crippen LogP) is 2.38. The van der Waals surface area contributed by atoms with Gasteiger partial charge in [-0.15, -0.1) is 0 Å². The van der Waals surface area contributed by atoms with E-state index in [-0.39, 0.29) is 4.90 Å². The maximum atomic E-state index is 12.9. The summed E-state index contributed by atoms with van der Waals surface area (Å²) in [6.07, 6.45) is 0. The number of benzene rings is 2. The van der Waals surface area contributed by atoms with E-state index in [9.17, 15) is 17.6 Å². The van der Waals surface area contributed by atoms with Gasteiger partial charge in [-0.05, 0) is 48.9 Å². The highest BCUT2D eigenvalue weighted by Crippen LogP contribution is 2.25. The van der Waals surface area contributed by atoms with Gasteiger partial charge in [-0.3, -0.25) is 9.29 Å².